The van der Waals surface area contributed by atoms with Crippen LogP contribution in [0.2, 0.25) is 0 Å². The van der Waals surface area contributed by atoms with Crippen molar-refractivity contribution < 1.29 is 4.74 Å². The molecule has 114 valence electrons. The van der Waals surface area contributed by atoms with Crippen LogP contribution in [-0.2, 0) is 4.74 Å². The van der Waals surface area contributed by atoms with Gasteiger partial charge in [0.15, 0.2) is 5.65 Å². The van der Waals surface area contributed by atoms with Gasteiger partial charge in [0.2, 0.25) is 0 Å². The maximum Gasteiger partial charge on any atom is 0.160 e. The van der Waals surface area contributed by atoms with Crippen molar-refractivity contribution >= 4 is 22.8 Å². The third kappa shape index (κ3) is 2.08. The Kier molecular flexibility index (Phi) is 3.49. The highest BCUT2D eigenvalue weighted by Gasteiger charge is 2.51. The summed E-state index contributed by atoms with van der Waals surface area (Å²) in [6.07, 6.45) is 3.09. The number of rotatable bonds is 3. The van der Waals surface area contributed by atoms with Gasteiger partial charge in [-0.05, 0) is 31.9 Å². The highest BCUT2D eigenvalue weighted by Crippen LogP contribution is 2.52. The molecular weight excluding hydrogens is 286 g/mol. The Balaban J connectivity index is 2.18. The number of ether oxygens (including phenoxy) is 1. The predicted octanol–water partition coefficient (Wildman–Crippen LogP) is 4.03. The summed E-state index contributed by atoms with van der Waals surface area (Å²) >= 11 is 6.38. The lowest BCUT2D eigenvalue weighted by molar-refractivity contribution is -0.112. The molecule has 2 aromatic heterocycles. The lowest BCUT2D eigenvalue weighted by atomic mass is 9.64. The summed E-state index contributed by atoms with van der Waals surface area (Å²) < 4.78 is 7.81. The van der Waals surface area contributed by atoms with Crippen LogP contribution in [0.5, 0.6) is 0 Å². The number of imidazole rings is 1. The van der Waals surface area contributed by atoms with E-state index in [2.05, 4.69) is 30.3 Å². The molecule has 3 atom stereocenters. The predicted molar refractivity (Wildman–Crippen MR) is 84.8 cm³/mol. The number of nitrogens with zero attached hydrogens (tertiary/aromatic N) is 3. The zero-order valence-electron chi connectivity index (χ0n) is 13.2. The van der Waals surface area contributed by atoms with Crippen molar-refractivity contribution in [1.82, 2.24) is 14.5 Å². The van der Waals surface area contributed by atoms with E-state index in [-0.39, 0.29) is 16.9 Å². The standard InChI is InChI=1S/C16H22ClN3O/c1-9-6-7-18-15-13(9)19-14(10(2)17)20(15)11-8-12(21-5)16(11,3)4/h6-7,10-12H,8H2,1-5H3. The zero-order valence-corrected chi connectivity index (χ0v) is 14.0. The number of fused-ring (bicyclic) bond motifs is 1. The third-order valence-corrected chi connectivity index (χ3v) is 5.08. The molecule has 1 aliphatic carbocycles. The summed E-state index contributed by atoms with van der Waals surface area (Å²) in [7, 11) is 1.78. The smallest absolute Gasteiger partial charge is 0.160 e. The number of halogens is 1. The molecule has 0 radical (unpaired) electrons. The second-order valence-corrected chi connectivity index (χ2v) is 7.21. The van der Waals surface area contributed by atoms with E-state index >= 15 is 0 Å². The Morgan fingerprint density at radius 1 is 1.48 bits per heavy atom. The van der Waals surface area contributed by atoms with Crippen molar-refractivity contribution in [2.24, 2.45) is 5.41 Å². The van der Waals surface area contributed by atoms with Crippen LogP contribution < -0.4 is 0 Å². The van der Waals surface area contributed by atoms with Crippen LogP contribution in [0.1, 0.15) is 50.0 Å². The van der Waals surface area contributed by atoms with Gasteiger partial charge in [-0.15, -0.1) is 11.6 Å². The average molecular weight is 308 g/mol. The molecule has 1 fully saturated rings. The first-order chi connectivity index (χ1) is 9.87. The molecule has 0 bridgehead atoms. The molecule has 2 heterocycles. The summed E-state index contributed by atoms with van der Waals surface area (Å²) in [5, 5.41) is -0.143. The first-order valence-corrected chi connectivity index (χ1v) is 7.81. The Morgan fingerprint density at radius 2 is 2.19 bits per heavy atom. The molecule has 0 aliphatic heterocycles. The summed E-state index contributed by atoms with van der Waals surface area (Å²) in [5.74, 6) is 0.904. The van der Waals surface area contributed by atoms with Gasteiger partial charge in [-0.2, -0.15) is 0 Å². The van der Waals surface area contributed by atoms with Gasteiger partial charge in [0.1, 0.15) is 11.3 Å². The largest absolute Gasteiger partial charge is 0.381 e. The van der Waals surface area contributed by atoms with Crippen molar-refractivity contribution in [3.8, 4) is 0 Å². The molecule has 3 rings (SSSR count). The first-order valence-electron chi connectivity index (χ1n) is 7.38. The fourth-order valence-electron chi connectivity index (χ4n) is 3.42. The van der Waals surface area contributed by atoms with Crippen molar-refractivity contribution in [1.29, 1.82) is 0 Å². The molecule has 1 aliphatic rings. The lowest BCUT2D eigenvalue weighted by Crippen LogP contribution is -2.51. The summed E-state index contributed by atoms with van der Waals surface area (Å²) in [6.45, 7) is 8.50. The monoisotopic (exact) mass is 307 g/mol. The topological polar surface area (TPSA) is 39.9 Å². The van der Waals surface area contributed by atoms with E-state index in [4.69, 9.17) is 21.3 Å². The van der Waals surface area contributed by atoms with Crippen molar-refractivity contribution in [2.45, 2.75) is 51.6 Å². The number of alkyl halides is 1. The Hall–Kier alpha value is -1.13. The molecule has 21 heavy (non-hydrogen) atoms. The summed E-state index contributed by atoms with van der Waals surface area (Å²) in [4.78, 5) is 9.32. The van der Waals surface area contributed by atoms with Crippen LogP contribution in [0, 0.1) is 12.3 Å². The molecule has 0 N–H and O–H groups in total. The molecule has 3 unspecified atom stereocenters. The van der Waals surface area contributed by atoms with Gasteiger partial charge in [0, 0.05) is 24.8 Å². The van der Waals surface area contributed by atoms with E-state index in [0.29, 0.717) is 6.04 Å². The molecule has 0 spiro atoms. The third-order valence-electron chi connectivity index (χ3n) is 4.89. The SMILES string of the molecule is COC1CC(n2c(C(C)Cl)nc3c(C)ccnc32)C1(C)C. The van der Waals surface area contributed by atoms with Gasteiger partial charge < -0.3 is 9.30 Å². The highest BCUT2D eigenvalue weighted by atomic mass is 35.5. The van der Waals surface area contributed by atoms with Crippen molar-refractivity contribution in [3.63, 3.8) is 0 Å². The summed E-state index contributed by atoms with van der Waals surface area (Å²) in [5.41, 5.74) is 3.08. The van der Waals surface area contributed by atoms with Gasteiger partial charge in [0.25, 0.3) is 0 Å². The quantitative estimate of drug-likeness (QED) is 0.804. The average Bonchev–Trinajstić information content (AvgIpc) is 2.79. The van der Waals surface area contributed by atoms with Crippen molar-refractivity contribution in [3.05, 3.63) is 23.7 Å². The van der Waals surface area contributed by atoms with E-state index in [1.54, 1.807) is 7.11 Å². The van der Waals surface area contributed by atoms with Gasteiger partial charge in [-0.1, -0.05) is 13.8 Å². The molecule has 0 amide bonds. The molecule has 0 saturated heterocycles. The summed E-state index contributed by atoms with van der Waals surface area (Å²) in [6, 6.07) is 2.31. The molecule has 0 aromatic carbocycles. The van der Waals surface area contributed by atoms with Crippen LogP contribution in [0.15, 0.2) is 12.3 Å². The van der Waals surface area contributed by atoms with Crippen LogP contribution in [-0.4, -0.2) is 27.7 Å². The van der Waals surface area contributed by atoms with Gasteiger partial charge in [-0.25, -0.2) is 9.97 Å². The fourth-order valence-corrected chi connectivity index (χ4v) is 3.57. The van der Waals surface area contributed by atoms with Crippen LogP contribution >= 0.6 is 11.6 Å². The van der Waals surface area contributed by atoms with Gasteiger partial charge >= 0.3 is 0 Å². The van der Waals surface area contributed by atoms with Crippen LogP contribution in [0.4, 0.5) is 0 Å². The molecule has 4 nitrogen and oxygen atoms in total. The Bertz CT molecular complexity index is 677. The second kappa shape index (κ2) is 4.96. The number of aryl methyl sites for hydroxylation is 1. The number of hydrogen-bond acceptors (Lipinski definition) is 3. The minimum Gasteiger partial charge on any atom is -0.381 e. The van der Waals surface area contributed by atoms with E-state index in [1.807, 2.05) is 19.2 Å². The minimum absolute atomic E-state index is 0.0499. The van der Waals surface area contributed by atoms with Crippen molar-refractivity contribution in [2.75, 3.05) is 7.11 Å². The number of aromatic nitrogens is 3. The molecule has 2 aromatic rings. The lowest BCUT2D eigenvalue weighted by Gasteiger charge is -2.52. The fraction of sp³-hybridized carbons (Fsp3) is 0.625. The van der Waals surface area contributed by atoms with Gasteiger partial charge in [-0.3, -0.25) is 0 Å². The molecule has 5 heteroatoms. The number of methoxy groups -OCH3 is 1. The maximum atomic E-state index is 6.38. The van der Waals surface area contributed by atoms with E-state index in [1.165, 1.54) is 0 Å². The van der Waals surface area contributed by atoms with E-state index < -0.39 is 0 Å². The van der Waals surface area contributed by atoms with Crippen LogP contribution in [0.3, 0.4) is 0 Å². The molecular formula is C16H22ClN3O. The molecule has 1 saturated carbocycles. The number of pyridine rings is 1. The normalized spacial score (nSPS) is 25.8. The Labute approximate surface area is 130 Å². The Morgan fingerprint density at radius 3 is 2.76 bits per heavy atom. The second-order valence-electron chi connectivity index (χ2n) is 6.55. The maximum absolute atomic E-state index is 6.38. The first kappa shape index (κ1) is 14.8. The zero-order chi connectivity index (χ0) is 15.4. The minimum atomic E-state index is -0.143. The van der Waals surface area contributed by atoms with Crippen LogP contribution in [0.25, 0.3) is 11.2 Å². The van der Waals surface area contributed by atoms with Gasteiger partial charge in [0.05, 0.1) is 11.5 Å². The van der Waals surface area contributed by atoms with E-state index in [9.17, 15) is 0 Å². The van der Waals surface area contributed by atoms with E-state index in [0.717, 1.165) is 29.0 Å². The number of hydrogen-bond donors (Lipinski definition) is 0. The highest BCUT2D eigenvalue weighted by molar-refractivity contribution is 6.20.